The van der Waals surface area contributed by atoms with E-state index in [1.807, 2.05) is 6.07 Å². The van der Waals surface area contributed by atoms with Crippen molar-refractivity contribution in [3.05, 3.63) is 81.4 Å². The minimum atomic E-state index is -0.508. The molecule has 0 spiro atoms. The number of ether oxygens (including phenoxy) is 1. The van der Waals surface area contributed by atoms with Gasteiger partial charge in [0.2, 0.25) is 5.88 Å². The number of fused-ring (bicyclic) bond motifs is 1. The molecule has 3 aromatic rings. The predicted molar refractivity (Wildman–Crippen MR) is 104 cm³/mol. The fraction of sp³-hybridized carbons (Fsp3) is 0.0500. The lowest BCUT2D eigenvalue weighted by Gasteiger charge is -2.25. The Balaban J connectivity index is 1.85. The van der Waals surface area contributed by atoms with Crippen LogP contribution in [0.5, 0.6) is 5.75 Å². The molecule has 0 radical (unpaired) electrons. The molecule has 7 heteroatoms. The molecule has 2 heterocycles. The van der Waals surface area contributed by atoms with Crippen LogP contribution in [0.3, 0.4) is 0 Å². The second-order valence-corrected chi connectivity index (χ2v) is 6.81. The Morgan fingerprint density at radius 1 is 1.04 bits per heavy atom. The number of benzene rings is 2. The average molecular weight is 398 g/mol. The van der Waals surface area contributed by atoms with Crippen LogP contribution in [0.2, 0.25) is 10.0 Å². The standard InChI is InChI=1S/C20H13Cl2N3O2/c21-14-3-1-2-12(19(14)22)15-6-7-16(26-15)18-11-5-4-10(24)8-17(11)27-20(25)13(18)9-23/h1-8,18H,24-25H2. The molecule has 1 atom stereocenters. The zero-order valence-electron chi connectivity index (χ0n) is 13.9. The molecule has 0 aliphatic carbocycles. The first-order valence-corrected chi connectivity index (χ1v) is 8.76. The zero-order valence-corrected chi connectivity index (χ0v) is 15.4. The molecule has 0 amide bonds. The number of nitrogens with zero attached hydrogens (tertiary/aromatic N) is 1. The van der Waals surface area contributed by atoms with Crippen LogP contribution in [0.4, 0.5) is 5.69 Å². The van der Waals surface area contributed by atoms with Crippen LogP contribution in [-0.2, 0) is 0 Å². The van der Waals surface area contributed by atoms with Crippen molar-refractivity contribution in [2.45, 2.75) is 5.92 Å². The molecule has 5 nitrogen and oxygen atoms in total. The monoisotopic (exact) mass is 397 g/mol. The highest BCUT2D eigenvalue weighted by atomic mass is 35.5. The third kappa shape index (κ3) is 2.89. The van der Waals surface area contributed by atoms with Crippen LogP contribution < -0.4 is 16.2 Å². The number of hydrogen-bond acceptors (Lipinski definition) is 5. The largest absolute Gasteiger partial charge is 0.460 e. The summed E-state index contributed by atoms with van der Waals surface area (Å²) in [6.07, 6.45) is 0. The second-order valence-electron chi connectivity index (χ2n) is 6.03. The molecule has 1 aliphatic heterocycles. The van der Waals surface area contributed by atoms with E-state index >= 15 is 0 Å². The van der Waals surface area contributed by atoms with Crippen LogP contribution >= 0.6 is 23.2 Å². The third-order valence-corrected chi connectivity index (χ3v) is 5.19. The molecule has 1 aromatic heterocycles. The van der Waals surface area contributed by atoms with E-state index in [-0.39, 0.29) is 11.5 Å². The predicted octanol–water partition coefficient (Wildman–Crippen LogP) is 5.05. The van der Waals surface area contributed by atoms with E-state index in [4.69, 9.17) is 43.8 Å². The number of nitrogen functional groups attached to an aromatic ring is 1. The van der Waals surface area contributed by atoms with Crippen LogP contribution in [0.1, 0.15) is 17.2 Å². The van der Waals surface area contributed by atoms with E-state index in [1.54, 1.807) is 42.5 Å². The Hall–Kier alpha value is -3.07. The zero-order chi connectivity index (χ0) is 19.1. The summed E-state index contributed by atoms with van der Waals surface area (Å²) in [6, 6.07) is 16.2. The molecule has 1 aliphatic rings. The normalized spacial score (nSPS) is 15.8. The lowest BCUT2D eigenvalue weighted by molar-refractivity contribution is 0.385. The number of nitrogens with two attached hydrogens (primary N) is 2. The molecule has 27 heavy (non-hydrogen) atoms. The maximum absolute atomic E-state index is 9.60. The van der Waals surface area contributed by atoms with Crippen LogP contribution in [0.25, 0.3) is 11.3 Å². The first-order chi connectivity index (χ1) is 13.0. The summed E-state index contributed by atoms with van der Waals surface area (Å²) < 4.78 is 11.6. The van der Waals surface area contributed by atoms with E-state index in [0.29, 0.717) is 38.6 Å². The van der Waals surface area contributed by atoms with Crippen molar-refractivity contribution < 1.29 is 9.15 Å². The highest BCUT2D eigenvalue weighted by Crippen LogP contribution is 2.44. The van der Waals surface area contributed by atoms with Crippen molar-refractivity contribution in [1.29, 1.82) is 5.26 Å². The smallest absolute Gasteiger partial charge is 0.205 e. The van der Waals surface area contributed by atoms with E-state index in [0.717, 1.165) is 5.56 Å². The van der Waals surface area contributed by atoms with E-state index in [2.05, 4.69) is 6.07 Å². The molecule has 2 aromatic carbocycles. The Morgan fingerprint density at radius 3 is 2.63 bits per heavy atom. The Labute approximate surface area is 165 Å². The highest BCUT2D eigenvalue weighted by molar-refractivity contribution is 6.43. The van der Waals surface area contributed by atoms with Gasteiger partial charge in [0.25, 0.3) is 0 Å². The number of hydrogen-bond donors (Lipinski definition) is 2. The van der Waals surface area contributed by atoms with Crippen LogP contribution in [0, 0.1) is 11.3 Å². The third-order valence-electron chi connectivity index (χ3n) is 4.37. The van der Waals surface area contributed by atoms with Gasteiger partial charge in [0.05, 0.1) is 16.0 Å². The molecule has 0 saturated carbocycles. The lowest BCUT2D eigenvalue weighted by Crippen LogP contribution is -2.20. The average Bonchev–Trinajstić information content (AvgIpc) is 3.12. The van der Waals surface area contributed by atoms with Gasteiger partial charge in [0, 0.05) is 22.9 Å². The fourth-order valence-electron chi connectivity index (χ4n) is 3.11. The van der Waals surface area contributed by atoms with Crippen LogP contribution in [-0.4, -0.2) is 0 Å². The number of rotatable bonds is 2. The molecule has 4 rings (SSSR count). The van der Waals surface area contributed by atoms with Gasteiger partial charge in [0.1, 0.15) is 28.9 Å². The topological polar surface area (TPSA) is 98.2 Å². The van der Waals surface area contributed by atoms with Crippen molar-refractivity contribution >= 4 is 28.9 Å². The Morgan fingerprint density at radius 2 is 1.85 bits per heavy atom. The first kappa shape index (κ1) is 17.3. The summed E-state index contributed by atoms with van der Waals surface area (Å²) in [4.78, 5) is 0. The molecule has 1 unspecified atom stereocenters. The minimum Gasteiger partial charge on any atom is -0.460 e. The van der Waals surface area contributed by atoms with Gasteiger partial charge in [0.15, 0.2) is 0 Å². The summed E-state index contributed by atoms with van der Waals surface area (Å²) in [5.74, 6) is 1.09. The van der Waals surface area contributed by atoms with Gasteiger partial charge < -0.3 is 20.6 Å². The number of halogens is 2. The van der Waals surface area contributed by atoms with Crippen molar-refractivity contribution in [1.82, 2.24) is 0 Å². The van der Waals surface area contributed by atoms with Crippen LogP contribution in [0.15, 0.2) is 64.4 Å². The van der Waals surface area contributed by atoms with Crippen molar-refractivity contribution in [2.24, 2.45) is 5.73 Å². The van der Waals surface area contributed by atoms with Gasteiger partial charge in [-0.1, -0.05) is 35.3 Å². The molecular formula is C20H13Cl2N3O2. The first-order valence-electron chi connectivity index (χ1n) is 8.00. The molecule has 4 N–H and O–H groups in total. The fourth-order valence-corrected chi connectivity index (χ4v) is 3.50. The summed E-state index contributed by atoms with van der Waals surface area (Å²) in [6.45, 7) is 0. The second kappa shape index (κ2) is 6.58. The van der Waals surface area contributed by atoms with Gasteiger partial charge in [-0.15, -0.1) is 0 Å². The Kier molecular flexibility index (Phi) is 4.23. The van der Waals surface area contributed by atoms with E-state index in [1.165, 1.54) is 0 Å². The highest BCUT2D eigenvalue weighted by Gasteiger charge is 2.33. The molecule has 0 saturated heterocycles. The van der Waals surface area contributed by atoms with Crippen molar-refractivity contribution in [3.8, 4) is 23.1 Å². The SMILES string of the molecule is N#CC1=C(N)Oc2cc(N)ccc2C1c1ccc(-c2cccc(Cl)c2Cl)o1. The van der Waals surface area contributed by atoms with Gasteiger partial charge in [-0.05, 0) is 30.3 Å². The summed E-state index contributed by atoms with van der Waals surface area (Å²) >= 11 is 12.4. The van der Waals surface area contributed by atoms with E-state index in [9.17, 15) is 5.26 Å². The van der Waals surface area contributed by atoms with Crippen molar-refractivity contribution in [3.63, 3.8) is 0 Å². The number of nitriles is 1. The summed E-state index contributed by atoms with van der Waals surface area (Å²) in [5, 5.41) is 10.4. The quantitative estimate of drug-likeness (QED) is 0.589. The van der Waals surface area contributed by atoms with Gasteiger partial charge in [-0.3, -0.25) is 0 Å². The number of furan rings is 1. The van der Waals surface area contributed by atoms with Crippen molar-refractivity contribution in [2.75, 3.05) is 5.73 Å². The minimum absolute atomic E-state index is 0.0272. The van der Waals surface area contributed by atoms with Gasteiger partial charge in [-0.25, -0.2) is 0 Å². The summed E-state index contributed by atoms with van der Waals surface area (Å²) in [7, 11) is 0. The van der Waals surface area contributed by atoms with Gasteiger partial charge in [-0.2, -0.15) is 5.26 Å². The molecule has 0 fully saturated rings. The maximum atomic E-state index is 9.60. The molecule has 134 valence electrons. The molecular weight excluding hydrogens is 385 g/mol. The maximum Gasteiger partial charge on any atom is 0.205 e. The molecule has 0 bridgehead atoms. The number of allylic oxidation sites excluding steroid dienone is 1. The van der Waals surface area contributed by atoms with E-state index < -0.39 is 5.92 Å². The van der Waals surface area contributed by atoms with Gasteiger partial charge >= 0.3 is 0 Å². The Bertz CT molecular complexity index is 1130. The summed E-state index contributed by atoms with van der Waals surface area (Å²) in [5.41, 5.74) is 14.0. The number of anilines is 1. The lowest BCUT2D eigenvalue weighted by atomic mass is 9.87.